The van der Waals surface area contributed by atoms with Gasteiger partial charge in [0.05, 0.1) is 25.3 Å². The van der Waals surface area contributed by atoms with Gasteiger partial charge in [0.2, 0.25) is 0 Å². The topological polar surface area (TPSA) is 83.1 Å². The number of methoxy groups -OCH3 is 1. The highest BCUT2D eigenvalue weighted by Crippen LogP contribution is 2.49. The first-order chi connectivity index (χ1) is 19.7. The van der Waals surface area contributed by atoms with E-state index in [1.54, 1.807) is 24.1 Å². The van der Waals surface area contributed by atoms with Gasteiger partial charge in [-0.05, 0) is 61.4 Å². The number of carbonyl (C=O) groups is 2. The van der Waals surface area contributed by atoms with E-state index in [9.17, 15) is 9.59 Å². The number of carbonyl (C=O) groups excluding carboxylic acids is 2. The van der Waals surface area contributed by atoms with Crippen molar-refractivity contribution in [3.63, 3.8) is 0 Å². The predicted molar refractivity (Wildman–Crippen MR) is 159 cm³/mol. The minimum Gasteiger partial charge on any atom is -0.497 e. The fourth-order valence-corrected chi connectivity index (χ4v) is 5.56. The van der Waals surface area contributed by atoms with Crippen LogP contribution in [-0.4, -0.2) is 48.0 Å². The molecule has 41 heavy (non-hydrogen) atoms. The number of hydrogen-bond donors (Lipinski definition) is 2. The molecule has 214 valence electrons. The van der Waals surface area contributed by atoms with Gasteiger partial charge in [-0.1, -0.05) is 54.0 Å². The van der Waals surface area contributed by atoms with Crippen LogP contribution < -0.4 is 20.1 Å². The van der Waals surface area contributed by atoms with Crippen molar-refractivity contribution < 1.29 is 19.1 Å². The lowest BCUT2D eigenvalue weighted by Gasteiger charge is -2.38. The van der Waals surface area contributed by atoms with Gasteiger partial charge >= 0.3 is 6.03 Å². The Hall–Kier alpha value is -3.72. The lowest BCUT2D eigenvalue weighted by atomic mass is 9.94. The summed E-state index contributed by atoms with van der Waals surface area (Å²) >= 11 is 12.5. The fraction of sp³-hybridized carbons (Fsp3) is 0.290. The molecule has 0 bridgehead atoms. The first-order valence-electron chi connectivity index (χ1n) is 13.4. The standard InChI is InChI=1S/C31H32Cl2N4O4/c1-18(2)41-26-17-24(40-4)13-14-25(26)29-35-27(20-5-9-22(32)10-6-20)28(21-7-11-23(33)12-8-21)37(29)31(39)36-16-15-34-30(38)19(36)3/h5-14,17-18,27-29,35H,3,15-16H2,1-2,4H3,(H,34,38)/t27-,28+,29?/m0/s1. The smallest absolute Gasteiger partial charge is 0.326 e. The molecule has 10 heteroatoms. The summed E-state index contributed by atoms with van der Waals surface area (Å²) in [6.07, 6.45) is -0.766. The van der Waals surface area contributed by atoms with E-state index in [1.165, 1.54) is 4.90 Å². The number of urea groups is 1. The van der Waals surface area contributed by atoms with Gasteiger partial charge in [0, 0.05) is 34.8 Å². The van der Waals surface area contributed by atoms with Gasteiger partial charge in [0.25, 0.3) is 5.91 Å². The summed E-state index contributed by atoms with van der Waals surface area (Å²) in [5.41, 5.74) is 2.64. The summed E-state index contributed by atoms with van der Waals surface area (Å²) in [7, 11) is 1.60. The number of ether oxygens (including phenoxy) is 2. The maximum Gasteiger partial charge on any atom is 0.326 e. The zero-order chi connectivity index (χ0) is 29.3. The molecule has 0 aliphatic carbocycles. The summed E-state index contributed by atoms with van der Waals surface area (Å²) in [5.74, 6) is 0.834. The Morgan fingerprint density at radius 2 is 1.63 bits per heavy atom. The molecule has 0 radical (unpaired) electrons. The van der Waals surface area contributed by atoms with Gasteiger partial charge in [-0.15, -0.1) is 0 Å². The molecule has 2 aliphatic rings. The Kier molecular flexibility index (Phi) is 8.45. The number of hydrogen-bond acceptors (Lipinski definition) is 5. The molecule has 3 atom stereocenters. The maximum absolute atomic E-state index is 14.5. The fourth-order valence-electron chi connectivity index (χ4n) is 5.31. The monoisotopic (exact) mass is 594 g/mol. The molecule has 2 saturated heterocycles. The lowest BCUT2D eigenvalue weighted by molar-refractivity contribution is -0.120. The Balaban J connectivity index is 1.70. The summed E-state index contributed by atoms with van der Waals surface area (Å²) in [5, 5.41) is 7.65. The van der Waals surface area contributed by atoms with E-state index in [1.807, 2.05) is 68.4 Å². The second-order valence-electron chi connectivity index (χ2n) is 10.2. The van der Waals surface area contributed by atoms with Crippen LogP contribution in [0.2, 0.25) is 10.0 Å². The van der Waals surface area contributed by atoms with E-state index in [2.05, 4.69) is 17.2 Å². The second kappa shape index (κ2) is 12.0. The normalized spacial score (nSPS) is 20.8. The number of nitrogens with one attached hydrogen (secondary N) is 2. The minimum absolute atomic E-state index is 0.0955. The van der Waals surface area contributed by atoms with Crippen LogP contribution in [0.15, 0.2) is 79.0 Å². The minimum atomic E-state index is -0.638. The molecule has 2 aliphatic heterocycles. The van der Waals surface area contributed by atoms with Crippen LogP contribution in [0, 0.1) is 0 Å². The van der Waals surface area contributed by atoms with E-state index in [4.69, 9.17) is 32.7 Å². The molecule has 3 aromatic carbocycles. The van der Waals surface area contributed by atoms with Crippen molar-refractivity contribution in [1.82, 2.24) is 20.4 Å². The van der Waals surface area contributed by atoms with Gasteiger partial charge in [0.15, 0.2) is 0 Å². The molecule has 0 spiro atoms. The maximum atomic E-state index is 14.5. The summed E-state index contributed by atoms with van der Waals surface area (Å²) in [6, 6.07) is 19.4. The van der Waals surface area contributed by atoms with E-state index < -0.39 is 12.2 Å². The molecule has 3 aromatic rings. The number of benzene rings is 3. The SMILES string of the molecule is C=C1C(=O)NCCN1C(=O)N1C(c2ccc(OC)cc2OC(C)C)N[C@@H](c2ccc(Cl)cc2)[C@H]1c1ccc(Cl)cc1. The Morgan fingerprint density at radius 3 is 2.24 bits per heavy atom. The van der Waals surface area contributed by atoms with Crippen LogP contribution in [0.25, 0.3) is 0 Å². The zero-order valence-electron chi connectivity index (χ0n) is 23.1. The molecule has 2 N–H and O–H groups in total. The molecule has 1 unspecified atom stereocenters. The van der Waals surface area contributed by atoms with Crippen LogP contribution in [0.3, 0.4) is 0 Å². The number of piperazine rings is 1. The van der Waals surface area contributed by atoms with Gasteiger partial charge in [-0.25, -0.2) is 4.79 Å². The van der Waals surface area contributed by atoms with Crippen LogP contribution in [-0.2, 0) is 4.79 Å². The van der Waals surface area contributed by atoms with Crippen molar-refractivity contribution >= 4 is 35.1 Å². The molecule has 8 nitrogen and oxygen atoms in total. The lowest BCUT2D eigenvalue weighted by Crippen LogP contribution is -2.52. The predicted octanol–water partition coefficient (Wildman–Crippen LogP) is 6.24. The third-order valence-corrected chi connectivity index (χ3v) is 7.71. The third-order valence-electron chi connectivity index (χ3n) is 7.21. The van der Waals surface area contributed by atoms with Crippen molar-refractivity contribution in [3.8, 4) is 11.5 Å². The third kappa shape index (κ3) is 5.86. The molecule has 0 aromatic heterocycles. The van der Waals surface area contributed by atoms with Crippen molar-refractivity contribution in [2.75, 3.05) is 20.2 Å². The Bertz CT molecular complexity index is 1450. The van der Waals surface area contributed by atoms with E-state index in [0.717, 1.165) is 16.7 Å². The summed E-state index contributed by atoms with van der Waals surface area (Å²) in [4.78, 5) is 30.3. The number of rotatable bonds is 6. The molecule has 5 rings (SSSR count). The summed E-state index contributed by atoms with van der Waals surface area (Å²) < 4.78 is 11.7. The van der Waals surface area contributed by atoms with Crippen LogP contribution in [0.5, 0.6) is 11.5 Å². The molecule has 2 heterocycles. The second-order valence-corrected chi connectivity index (χ2v) is 11.1. The highest BCUT2D eigenvalue weighted by Gasteiger charge is 2.48. The van der Waals surface area contributed by atoms with E-state index in [0.29, 0.717) is 34.6 Å². The highest BCUT2D eigenvalue weighted by atomic mass is 35.5. The van der Waals surface area contributed by atoms with Crippen LogP contribution in [0.1, 0.15) is 48.8 Å². The molecule has 0 saturated carbocycles. The average Bonchev–Trinajstić information content (AvgIpc) is 3.35. The first kappa shape index (κ1) is 28.8. The molecular formula is C31H32Cl2N4O4. The number of nitrogens with zero attached hydrogens (tertiary/aromatic N) is 2. The zero-order valence-corrected chi connectivity index (χ0v) is 24.6. The van der Waals surface area contributed by atoms with Crippen LogP contribution >= 0.6 is 23.2 Å². The first-order valence-corrected chi connectivity index (χ1v) is 14.1. The van der Waals surface area contributed by atoms with Gasteiger partial charge in [0.1, 0.15) is 23.4 Å². The van der Waals surface area contributed by atoms with Crippen molar-refractivity contribution in [3.05, 3.63) is 106 Å². The van der Waals surface area contributed by atoms with E-state index in [-0.39, 0.29) is 29.8 Å². The highest BCUT2D eigenvalue weighted by molar-refractivity contribution is 6.30. The van der Waals surface area contributed by atoms with Crippen molar-refractivity contribution in [1.29, 1.82) is 0 Å². The quantitative estimate of drug-likeness (QED) is 0.330. The summed E-state index contributed by atoms with van der Waals surface area (Å²) in [6.45, 7) is 8.42. The molecule has 2 fully saturated rings. The van der Waals surface area contributed by atoms with Gasteiger partial charge < -0.3 is 14.8 Å². The van der Waals surface area contributed by atoms with Crippen LogP contribution in [0.4, 0.5) is 4.79 Å². The molecule has 3 amide bonds. The van der Waals surface area contributed by atoms with E-state index >= 15 is 0 Å². The molecular weight excluding hydrogens is 563 g/mol. The Labute approximate surface area is 249 Å². The largest absolute Gasteiger partial charge is 0.497 e. The van der Waals surface area contributed by atoms with Gasteiger partial charge in [-0.3, -0.25) is 19.9 Å². The average molecular weight is 596 g/mol. The number of halogens is 2. The Morgan fingerprint density at radius 1 is 1.00 bits per heavy atom. The number of amides is 3. The van der Waals surface area contributed by atoms with Gasteiger partial charge in [-0.2, -0.15) is 0 Å². The van der Waals surface area contributed by atoms with Crippen molar-refractivity contribution in [2.45, 2.75) is 38.2 Å². The van der Waals surface area contributed by atoms with Crippen molar-refractivity contribution in [2.24, 2.45) is 0 Å².